The number of fused-ring (bicyclic) bond motifs is 3. The third-order valence-electron chi connectivity index (χ3n) is 3.56. The molecule has 0 fully saturated rings. The van der Waals surface area contributed by atoms with Crippen molar-refractivity contribution in [3.05, 3.63) is 59.7 Å². The molecule has 0 aromatic heterocycles. The molecule has 1 aliphatic rings. The Labute approximate surface area is 111 Å². The van der Waals surface area contributed by atoms with Gasteiger partial charge in [0.05, 0.1) is 0 Å². The maximum Gasteiger partial charge on any atom is 0.316 e. The van der Waals surface area contributed by atoms with Crippen LogP contribution in [0.2, 0.25) is 0 Å². The SMILES string of the molecule is N=C1Cc2ccccc2-c2ccccc2[C@@H]1C(=O)O. The summed E-state index contributed by atoms with van der Waals surface area (Å²) in [7, 11) is 0. The third kappa shape index (κ3) is 1.83. The molecule has 2 N–H and O–H groups in total. The summed E-state index contributed by atoms with van der Waals surface area (Å²) in [6.45, 7) is 0. The van der Waals surface area contributed by atoms with E-state index in [4.69, 9.17) is 5.41 Å². The fourth-order valence-electron chi connectivity index (χ4n) is 2.71. The number of nitrogens with one attached hydrogen (secondary N) is 1. The molecule has 2 aromatic rings. The highest BCUT2D eigenvalue weighted by molar-refractivity contribution is 6.09. The average molecular weight is 251 g/mol. The van der Waals surface area contributed by atoms with Crippen LogP contribution in [0.4, 0.5) is 0 Å². The van der Waals surface area contributed by atoms with Crippen molar-refractivity contribution in [2.45, 2.75) is 12.3 Å². The number of carboxylic acid groups (broad SMARTS) is 1. The van der Waals surface area contributed by atoms with Gasteiger partial charge >= 0.3 is 5.97 Å². The first kappa shape index (κ1) is 11.7. The van der Waals surface area contributed by atoms with E-state index in [-0.39, 0.29) is 5.71 Å². The van der Waals surface area contributed by atoms with E-state index in [1.54, 1.807) is 0 Å². The molecule has 0 aliphatic heterocycles. The minimum Gasteiger partial charge on any atom is -0.480 e. The van der Waals surface area contributed by atoms with E-state index < -0.39 is 11.9 Å². The van der Waals surface area contributed by atoms with Crippen LogP contribution in [0.1, 0.15) is 17.0 Å². The van der Waals surface area contributed by atoms with Gasteiger partial charge in [-0.05, 0) is 22.3 Å². The van der Waals surface area contributed by atoms with Gasteiger partial charge in [0.2, 0.25) is 0 Å². The lowest BCUT2D eigenvalue weighted by molar-refractivity contribution is -0.137. The molecule has 1 aliphatic carbocycles. The Morgan fingerprint density at radius 3 is 2.42 bits per heavy atom. The lowest BCUT2D eigenvalue weighted by Crippen LogP contribution is -2.21. The van der Waals surface area contributed by atoms with Crippen molar-refractivity contribution in [2.24, 2.45) is 0 Å². The number of carbonyl (C=O) groups is 1. The normalized spacial score (nSPS) is 17.3. The second-order valence-corrected chi connectivity index (χ2v) is 4.72. The van der Waals surface area contributed by atoms with Crippen molar-refractivity contribution in [3.63, 3.8) is 0 Å². The molecule has 0 bridgehead atoms. The predicted octanol–water partition coefficient (Wildman–Crippen LogP) is 3.10. The van der Waals surface area contributed by atoms with E-state index in [2.05, 4.69) is 0 Å². The van der Waals surface area contributed by atoms with Gasteiger partial charge in [0.1, 0.15) is 5.92 Å². The summed E-state index contributed by atoms with van der Waals surface area (Å²) < 4.78 is 0. The Morgan fingerprint density at radius 2 is 1.68 bits per heavy atom. The maximum absolute atomic E-state index is 11.5. The Balaban J connectivity index is 2.32. The molecule has 1 atom stereocenters. The van der Waals surface area contributed by atoms with Gasteiger partial charge in [-0.2, -0.15) is 0 Å². The standard InChI is InChI=1S/C16H13NO2/c17-14-9-10-5-1-2-6-11(10)12-7-3-4-8-13(12)15(14)16(18)19/h1-8,15,17H,9H2,(H,18,19)/t15-/m0/s1. The van der Waals surface area contributed by atoms with Crippen molar-refractivity contribution in [3.8, 4) is 11.1 Å². The smallest absolute Gasteiger partial charge is 0.316 e. The van der Waals surface area contributed by atoms with Crippen LogP contribution in [0.15, 0.2) is 48.5 Å². The maximum atomic E-state index is 11.5. The van der Waals surface area contributed by atoms with Crippen LogP contribution in [0.3, 0.4) is 0 Å². The van der Waals surface area contributed by atoms with Crippen molar-refractivity contribution in [1.82, 2.24) is 0 Å². The highest BCUT2D eigenvalue weighted by Crippen LogP contribution is 2.36. The van der Waals surface area contributed by atoms with Crippen LogP contribution in [-0.2, 0) is 11.2 Å². The molecule has 2 aromatic carbocycles. The van der Waals surface area contributed by atoms with Crippen molar-refractivity contribution in [2.75, 3.05) is 0 Å². The van der Waals surface area contributed by atoms with Crippen molar-refractivity contribution >= 4 is 11.7 Å². The summed E-state index contributed by atoms with van der Waals surface area (Å²) in [5, 5.41) is 17.5. The fraction of sp³-hybridized carbons (Fsp3) is 0.125. The monoisotopic (exact) mass is 251 g/mol. The summed E-state index contributed by atoms with van der Waals surface area (Å²) in [4.78, 5) is 11.5. The fourth-order valence-corrected chi connectivity index (χ4v) is 2.71. The molecule has 0 spiro atoms. The van der Waals surface area contributed by atoms with Crippen LogP contribution in [0.25, 0.3) is 11.1 Å². The third-order valence-corrected chi connectivity index (χ3v) is 3.56. The largest absolute Gasteiger partial charge is 0.480 e. The van der Waals surface area contributed by atoms with E-state index >= 15 is 0 Å². The molecule has 3 rings (SSSR count). The van der Waals surface area contributed by atoms with Crippen LogP contribution in [0.5, 0.6) is 0 Å². The number of benzene rings is 2. The van der Waals surface area contributed by atoms with E-state index in [1.165, 1.54) is 0 Å². The van der Waals surface area contributed by atoms with Crippen LogP contribution in [-0.4, -0.2) is 16.8 Å². The summed E-state index contributed by atoms with van der Waals surface area (Å²) >= 11 is 0. The topological polar surface area (TPSA) is 61.2 Å². The molecule has 0 unspecified atom stereocenters. The van der Waals surface area contributed by atoms with E-state index in [0.717, 1.165) is 16.7 Å². The van der Waals surface area contributed by atoms with Crippen LogP contribution in [0, 0.1) is 5.41 Å². The molecule has 0 amide bonds. The summed E-state index contributed by atoms with van der Waals surface area (Å²) in [5.74, 6) is -1.80. The number of hydrogen-bond acceptors (Lipinski definition) is 2. The lowest BCUT2D eigenvalue weighted by Gasteiger charge is -2.13. The highest BCUT2D eigenvalue weighted by atomic mass is 16.4. The first-order valence-electron chi connectivity index (χ1n) is 6.16. The average Bonchev–Trinajstić information content (AvgIpc) is 2.52. The Hall–Kier alpha value is -2.42. The van der Waals surface area contributed by atoms with Gasteiger partial charge in [-0.15, -0.1) is 0 Å². The van der Waals surface area contributed by atoms with Gasteiger partial charge in [0, 0.05) is 12.1 Å². The van der Waals surface area contributed by atoms with Crippen LogP contribution >= 0.6 is 0 Å². The quantitative estimate of drug-likeness (QED) is 0.818. The first-order valence-corrected chi connectivity index (χ1v) is 6.16. The number of hydrogen-bond donors (Lipinski definition) is 2. The van der Waals surface area contributed by atoms with Gasteiger partial charge < -0.3 is 10.5 Å². The van der Waals surface area contributed by atoms with E-state index in [9.17, 15) is 9.90 Å². The second kappa shape index (κ2) is 4.35. The molecule has 0 radical (unpaired) electrons. The molecule has 3 nitrogen and oxygen atoms in total. The summed E-state index contributed by atoms with van der Waals surface area (Å²) in [5.41, 5.74) is 3.93. The second-order valence-electron chi connectivity index (χ2n) is 4.72. The summed E-state index contributed by atoms with van der Waals surface area (Å²) in [6, 6.07) is 15.3. The van der Waals surface area contributed by atoms with Gasteiger partial charge in [-0.25, -0.2) is 0 Å². The molecule has 19 heavy (non-hydrogen) atoms. The molecular formula is C16H13NO2. The lowest BCUT2D eigenvalue weighted by atomic mass is 9.90. The van der Waals surface area contributed by atoms with E-state index in [1.807, 2.05) is 48.5 Å². The molecule has 3 heteroatoms. The summed E-state index contributed by atoms with van der Waals surface area (Å²) in [6.07, 6.45) is 0.391. The number of rotatable bonds is 1. The van der Waals surface area contributed by atoms with Gasteiger partial charge in [-0.3, -0.25) is 4.79 Å². The minimum absolute atomic E-state index is 0.241. The molecule has 94 valence electrons. The van der Waals surface area contributed by atoms with Crippen molar-refractivity contribution < 1.29 is 9.90 Å². The van der Waals surface area contributed by atoms with Gasteiger partial charge in [-0.1, -0.05) is 48.5 Å². The zero-order valence-corrected chi connectivity index (χ0v) is 10.3. The number of aliphatic carboxylic acids is 1. The van der Waals surface area contributed by atoms with E-state index in [0.29, 0.717) is 12.0 Å². The Morgan fingerprint density at radius 1 is 1.05 bits per heavy atom. The highest BCUT2D eigenvalue weighted by Gasteiger charge is 2.30. The Bertz CT molecular complexity index is 676. The molecule has 0 saturated carbocycles. The first-order chi connectivity index (χ1) is 9.18. The predicted molar refractivity (Wildman–Crippen MR) is 73.7 cm³/mol. The number of carboxylic acids is 1. The molecule has 0 saturated heterocycles. The van der Waals surface area contributed by atoms with Crippen molar-refractivity contribution in [1.29, 1.82) is 5.41 Å². The zero-order valence-electron chi connectivity index (χ0n) is 10.3. The van der Waals surface area contributed by atoms with Gasteiger partial charge in [0.15, 0.2) is 0 Å². The Kier molecular flexibility index (Phi) is 2.67. The minimum atomic E-state index is -0.953. The van der Waals surface area contributed by atoms with Gasteiger partial charge in [0.25, 0.3) is 0 Å². The zero-order chi connectivity index (χ0) is 13.4. The van der Waals surface area contributed by atoms with Crippen LogP contribution < -0.4 is 0 Å². The molecule has 0 heterocycles. The molecular weight excluding hydrogens is 238 g/mol.